The lowest BCUT2D eigenvalue weighted by atomic mass is 9.98. The van der Waals surface area contributed by atoms with Crippen molar-refractivity contribution < 1.29 is 52.5 Å². The van der Waals surface area contributed by atoms with Crippen molar-refractivity contribution in [3.05, 3.63) is 257 Å². The molecule has 0 saturated carbocycles. The molecule has 416 valence electrons. The zero-order valence-electron chi connectivity index (χ0n) is 44.8. The molecule has 0 bridgehead atoms. The minimum Gasteiger partial charge on any atom is -0.394 e. The summed E-state index contributed by atoms with van der Waals surface area (Å²) >= 11 is 1.58. The fourth-order valence-corrected chi connectivity index (χ4v) is 11.0. The Morgan fingerprint density at radius 2 is 0.887 bits per heavy atom. The van der Waals surface area contributed by atoms with Gasteiger partial charge in [0.1, 0.15) is 60.0 Å². The van der Waals surface area contributed by atoms with Crippen LogP contribution in [0.1, 0.15) is 44.6 Å². The Hall–Kier alpha value is -6.41. The highest BCUT2D eigenvalue weighted by atomic mass is 32.2. The molecule has 8 aromatic rings. The van der Waals surface area contributed by atoms with Gasteiger partial charge in [-0.15, -0.1) is 5.10 Å². The molecule has 14 nitrogen and oxygen atoms in total. The van der Waals surface area contributed by atoms with E-state index in [0.717, 1.165) is 43.8 Å². The number of aliphatic hydroxyl groups is 1. The van der Waals surface area contributed by atoms with Gasteiger partial charge in [-0.1, -0.05) is 211 Å². The predicted octanol–water partition coefficient (Wildman–Crippen LogP) is 10.5. The van der Waals surface area contributed by atoms with Crippen LogP contribution < -0.4 is 0 Å². The van der Waals surface area contributed by atoms with E-state index in [1.54, 1.807) is 23.6 Å². The van der Waals surface area contributed by atoms with Gasteiger partial charge in [0.15, 0.2) is 6.29 Å². The van der Waals surface area contributed by atoms with Crippen LogP contribution in [0.2, 0.25) is 0 Å². The van der Waals surface area contributed by atoms with E-state index >= 15 is 0 Å². The second-order valence-electron chi connectivity index (χ2n) is 19.8. The quantitative estimate of drug-likeness (QED) is 0.0497. The fourth-order valence-electron chi connectivity index (χ4n) is 9.89. The maximum absolute atomic E-state index is 10.7. The zero-order chi connectivity index (χ0) is 54.6. The molecule has 3 heterocycles. The summed E-state index contributed by atoms with van der Waals surface area (Å²) in [5, 5.41) is 19.8. The molecular formula is C65H69N3O11S. The highest BCUT2D eigenvalue weighted by molar-refractivity contribution is 7.99. The fraction of sp³-hybridized carbons (Fsp3) is 0.323. The van der Waals surface area contributed by atoms with Gasteiger partial charge in [0.05, 0.1) is 72.2 Å². The third kappa shape index (κ3) is 16.2. The standard InChI is InChI=1S/C65H69N3O11S/c1-70-64-62(76-43-51-29-16-6-17-30-51)60(74-41-49-25-12-4-13-26-49)58(56(38-69)78-64)73-44-53-32-20-31-52(35-53)36-68-37-54(66-67-68)45-77-63-61(75-42-50-27-14-5-15-28-50)59(72-40-48-23-10-3-11-24-48)57(46-71-39-47-21-8-2-9-22-47)79-65(63)80-55-33-18-7-19-34-55/h2-35,37,56-65,69H,36,38-46H2,1H3/t56-,57-,58-,59-,60+,61+,62-,63-,64+,65+/m1/s1. The van der Waals surface area contributed by atoms with Gasteiger partial charge in [0.2, 0.25) is 0 Å². The maximum Gasteiger partial charge on any atom is 0.186 e. The number of aliphatic hydroxyl groups excluding tert-OH is 1. The van der Waals surface area contributed by atoms with Crippen LogP contribution >= 0.6 is 11.8 Å². The van der Waals surface area contributed by atoms with Crippen molar-refractivity contribution in [2.24, 2.45) is 0 Å². The molecule has 0 spiro atoms. The lowest BCUT2D eigenvalue weighted by molar-refractivity contribution is -0.321. The van der Waals surface area contributed by atoms with Crippen LogP contribution in [0.3, 0.4) is 0 Å². The molecule has 0 radical (unpaired) electrons. The second kappa shape index (κ2) is 29.9. The summed E-state index contributed by atoms with van der Waals surface area (Å²) in [5.41, 5.74) is 7.10. The van der Waals surface area contributed by atoms with Crippen LogP contribution in [-0.4, -0.2) is 101 Å². The lowest BCUT2D eigenvalue weighted by Crippen LogP contribution is -2.61. The van der Waals surface area contributed by atoms with Gasteiger partial charge in [-0.05, 0) is 51.1 Å². The number of benzene rings is 7. The minimum absolute atomic E-state index is 0.127. The van der Waals surface area contributed by atoms with Crippen LogP contribution in [0.4, 0.5) is 0 Å². The van der Waals surface area contributed by atoms with Crippen molar-refractivity contribution in [1.82, 2.24) is 15.0 Å². The molecule has 80 heavy (non-hydrogen) atoms. The molecular weight excluding hydrogens is 1030 g/mol. The number of aromatic nitrogens is 3. The number of hydrogen-bond donors (Lipinski definition) is 1. The Morgan fingerprint density at radius 3 is 1.43 bits per heavy atom. The highest BCUT2D eigenvalue weighted by Gasteiger charge is 2.50. The molecule has 1 N–H and O–H groups in total. The first kappa shape index (κ1) is 56.8. The predicted molar refractivity (Wildman–Crippen MR) is 303 cm³/mol. The summed E-state index contributed by atoms with van der Waals surface area (Å²) in [6.07, 6.45) is -3.98. The van der Waals surface area contributed by atoms with Crippen molar-refractivity contribution in [2.45, 2.75) is 118 Å². The average molecular weight is 1100 g/mol. The number of ether oxygens (including phenoxy) is 10. The van der Waals surface area contributed by atoms with Crippen LogP contribution in [0, 0.1) is 0 Å². The number of rotatable bonds is 28. The number of hydrogen-bond acceptors (Lipinski definition) is 14. The number of methoxy groups -OCH3 is 1. The summed E-state index contributed by atoms with van der Waals surface area (Å²) in [4.78, 5) is 1.02. The lowest BCUT2D eigenvalue weighted by Gasteiger charge is -2.46. The van der Waals surface area contributed by atoms with E-state index in [1.165, 1.54) is 0 Å². The molecule has 15 heteroatoms. The molecule has 0 aliphatic carbocycles. The molecule has 10 atom stereocenters. The van der Waals surface area contributed by atoms with Crippen molar-refractivity contribution >= 4 is 11.8 Å². The third-order valence-corrected chi connectivity index (χ3v) is 15.1. The highest BCUT2D eigenvalue weighted by Crippen LogP contribution is 2.39. The first-order valence-electron chi connectivity index (χ1n) is 27.2. The molecule has 10 rings (SSSR count). The van der Waals surface area contributed by atoms with Gasteiger partial charge in [-0.3, -0.25) is 0 Å². The summed E-state index contributed by atoms with van der Waals surface area (Å²) in [6, 6.07) is 68.5. The topological polar surface area (TPSA) is 143 Å². The first-order chi connectivity index (χ1) is 39.5. The van der Waals surface area contributed by atoms with E-state index in [-0.39, 0.29) is 26.4 Å². The van der Waals surface area contributed by atoms with E-state index in [1.807, 2.05) is 158 Å². The SMILES string of the molecule is CO[C@H]1O[C@H](CO)[C@@H](OCc2cccc(Cn3cc(CO[C@@H]4[C@@H](OCc5ccccc5)[C@H](OCc5ccccc5)[C@@H](COCc5ccccc5)O[C@H]4Sc4ccccc4)nn3)c2)[C@H](OCc2ccccc2)[C@H]1OCc1ccccc1. The number of nitrogens with zero attached hydrogens (tertiary/aromatic N) is 3. The van der Waals surface area contributed by atoms with Gasteiger partial charge >= 0.3 is 0 Å². The molecule has 0 unspecified atom stereocenters. The molecule has 7 aromatic carbocycles. The van der Waals surface area contributed by atoms with Crippen molar-refractivity contribution in [3.63, 3.8) is 0 Å². The van der Waals surface area contributed by atoms with E-state index < -0.39 is 60.6 Å². The molecule has 2 fully saturated rings. The maximum atomic E-state index is 10.7. The Labute approximate surface area is 472 Å². The molecule has 2 aliphatic rings. The Balaban J connectivity index is 0.850. The smallest absolute Gasteiger partial charge is 0.186 e. The van der Waals surface area contributed by atoms with Gasteiger partial charge in [-0.2, -0.15) is 0 Å². The van der Waals surface area contributed by atoms with E-state index in [0.29, 0.717) is 45.3 Å². The first-order valence-corrected chi connectivity index (χ1v) is 28.0. The van der Waals surface area contributed by atoms with Crippen molar-refractivity contribution in [3.8, 4) is 0 Å². The normalized spacial score (nSPS) is 23.0. The zero-order valence-corrected chi connectivity index (χ0v) is 45.6. The summed E-state index contributed by atoms with van der Waals surface area (Å²) in [6.45, 7) is 2.40. The third-order valence-electron chi connectivity index (χ3n) is 13.9. The second-order valence-corrected chi connectivity index (χ2v) is 20.9. The monoisotopic (exact) mass is 1100 g/mol. The van der Waals surface area contributed by atoms with Gasteiger partial charge in [0.25, 0.3) is 0 Å². The van der Waals surface area contributed by atoms with Crippen LogP contribution in [0.5, 0.6) is 0 Å². The Morgan fingerprint density at radius 1 is 0.450 bits per heavy atom. The summed E-state index contributed by atoms with van der Waals surface area (Å²) in [5.74, 6) is 0. The Kier molecular flexibility index (Phi) is 21.2. The van der Waals surface area contributed by atoms with Gasteiger partial charge < -0.3 is 52.5 Å². The van der Waals surface area contributed by atoms with Gasteiger partial charge in [0, 0.05) is 12.0 Å². The van der Waals surface area contributed by atoms with Crippen LogP contribution in [0.15, 0.2) is 217 Å². The molecule has 1 aromatic heterocycles. The largest absolute Gasteiger partial charge is 0.394 e. The van der Waals surface area contributed by atoms with E-state index in [9.17, 15) is 5.11 Å². The summed E-state index contributed by atoms with van der Waals surface area (Å²) in [7, 11) is 1.56. The molecule has 2 saturated heterocycles. The van der Waals surface area contributed by atoms with Crippen LogP contribution in [0.25, 0.3) is 0 Å². The molecule has 0 amide bonds. The van der Waals surface area contributed by atoms with Gasteiger partial charge in [-0.25, -0.2) is 4.68 Å². The summed E-state index contributed by atoms with van der Waals surface area (Å²) < 4.78 is 68.1. The van der Waals surface area contributed by atoms with E-state index in [4.69, 9.17) is 47.4 Å². The number of thioether (sulfide) groups is 1. The van der Waals surface area contributed by atoms with Crippen molar-refractivity contribution in [1.29, 1.82) is 0 Å². The minimum atomic E-state index is -0.809. The van der Waals surface area contributed by atoms with Crippen molar-refractivity contribution in [2.75, 3.05) is 20.3 Å². The Bertz CT molecular complexity index is 3010. The average Bonchev–Trinajstić information content (AvgIpc) is 4.09. The van der Waals surface area contributed by atoms with Crippen LogP contribution in [-0.2, 0) is 100 Å². The van der Waals surface area contributed by atoms with E-state index in [2.05, 4.69) is 64.9 Å². The molecule has 2 aliphatic heterocycles.